The number of hydrogen-bond acceptors (Lipinski definition) is 3. The molecule has 1 aromatic carbocycles. The smallest absolute Gasteiger partial charge is 0.339 e. The Hall–Kier alpha value is -2.37. The number of aromatic nitrogens is 2. The van der Waals surface area contributed by atoms with Crippen LogP contribution in [0.4, 0.5) is 8.78 Å². The van der Waals surface area contributed by atoms with Gasteiger partial charge in [0.15, 0.2) is 0 Å². The number of nitrogens with zero attached hydrogens (tertiary/aromatic N) is 2. The van der Waals surface area contributed by atoms with Crippen molar-refractivity contribution >= 4 is 5.97 Å². The molecule has 1 N–H and O–H groups in total. The standard InChI is InChI=1S/C11H6F2N2O2/c12-6-1-2-9(13)7(3-6)10-8(11(16)17)4-14-5-15-10/h1-5H,(H,16,17). The molecular formula is C11H6F2N2O2. The van der Waals surface area contributed by atoms with Crippen LogP contribution < -0.4 is 0 Å². The van der Waals surface area contributed by atoms with Crippen LogP contribution in [0.3, 0.4) is 0 Å². The minimum atomic E-state index is -1.30. The van der Waals surface area contributed by atoms with Gasteiger partial charge >= 0.3 is 5.97 Å². The summed E-state index contributed by atoms with van der Waals surface area (Å²) in [4.78, 5) is 18.1. The molecule has 86 valence electrons. The lowest BCUT2D eigenvalue weighted by molar-refractivity contribution is 0.0697. The summed E-state index contributed by atoms with van der Waals surface area (Å²) in [5, 5.41) is 8.89. The Morgan fingerprint density at radius 2 is 2.06 bits per heavy atom. The number of aromatic carboxylic acids is 1. The topological polar surface area (TPSA) is 63.1 Å². The summed E-state index contributed by atoms with van der Waals surface area (Å²) in [5.41, 5.74) is -0.633. The van der Waals surface area contributed by atoms with Crippen molar-refractivity contribution in [3.05, 3.63) is 47.9 Å². The lowest BCUT2D eigenvalue weighted by Gasteiger charge is -2.05. The first kappa shape index (κ1) is 11.1. The highest BCUT2D eigenvalue weighted by Gasteiger charge is 2.16. The highest BCUT2D eigenvalue weighted by atomic mass is 19.1. The number of carboxylic acids is 1. The van der Waals surface area contributed by atoms with Crippen molar-refractivity contribution in [2.24, 2.45) is 0 Å². The largest absolute Gasteiger partial charge is 0.478 e. The number of halogens is 2. The second-order valence-electron chi connectivity index (χ2n) is 3.21. The lowest BCUT2D eigenvalue weighted by Crippen LogP contribution is -2.03. The fourth-order valence-electron chi connectivity index (χ4n) is 1.38. The van der Waals surface area contributed by atoms with Crippen molar-refractivity contribution in [3.8, 4) is 11.3 Å². The molecule has 0 radical (unpaired) electrons. The molecule has 0 bridgehead atoms. The Labute approximate surface area is 94.6 Å². The van der Waals surface area contributed by atoms with Crippen LogP contribution in [0.2, 0.25) is 0 Å². The molecule has 17 heavy (non-hydrogen) atoms. The fourth-order valence-corrected chi connectivity index (χ4v) is 1.38. The predicted molar refractivity (Wildman–Crippen MR) is 54.3 cm³/mol. The van der Waals surface area contributed by atoms with E-state index >= 15 is 0 Å². The first-order chi connectivity index (χ1) is 8.09. The van der Waals surface area contributed by atoms with Crippen molar-refractivity contribution in [1.82, 2.24) is 9.97 Å². The van der Waals surface area contributed by atoms with Crippen LogP contribution in [0.15, 0.2) is 30.7 Å². The van der Waals surface area contributed by atoms with Crippen LogP contribution in [0.25, 0.3) is 11.3 Å². The SMILES string of the molecule is O=C(O)c1cncnc1-c1cc(F)ccc1F. The van der Waals surface area contributed by atoms with Crippen LogP contribution in [0.5, 0.6) is 0 Å². The van der Waals surface area contributed by atoms with Gasteiger partial charge in [0, 0.05) is 11.8 Å². The number of carbonyl (C=O) groups is 1. The summed E-state index contributed by atoms with van der Waals surface area (Å²) in [6.07, 6.45) is 2.11. The van der Waals surface area contributed by atoms with Gasteiger partial charge < -0.3 is 5.11 Å². The lowest BCUT2D eigenvalue weighted by atomic mass is 10.1. The summed E-state index contributed by atoms with van der Waals surface area (Å²) >= 11 is 0. The molecule has 0 spiro atoms. The molecule has 6 heteroatoms. The van der Waals surface area contributed by atoms with Gasteiger partial charge in [0.25, 0.3) is 0 Å². The van der Waals surface area contributed by atoms with Crippen molar-refractivity contribution in [3.63, 3.8) is 0 Å². The molecular weight excluding hydrogens is 230 g/mol. The second kappa shape index (κ2) is 4.25. The van der Waals surface area contributed by atoms with E-state index in [1.54, 1.807) is 0 Å². The zero-order chi connectivity index (χ0) is 12.4. The first-order valence-electron chi connectivity index (χ1n) is 4.58. The Kier molecular flexibility index (Phi) is 2.78. The molecule has 2 rings (SSSR count). The minimum absolute atomic E-state index is 0.149. The number of hydrogen-bond donors (Lipinski definition) is 1. The van der Waals surface area contributed by atoms with Gasteiger partial charge in [-0.25, -0.2) is 23.5 Å². The molecule has 4 nitrogen and oxygen atoms in total. The van der Waals surface area contributed by atoms with Gasteiger partial charge in [0.1, 0.15) is 23.5 Å². The van der Waals surface area contributed by atoms with Crippen molar-refractivity contribution in [2.75, 3.05) is 0 Å². The normalized spacial score (nSPS) is 10.2. The highest BCUT2D eigenvalue weighted by Crippen LogP contribution is 2.24. The molecule has 0 atom stereocenters. The van der Waals surface area contributed by atoms with Gasteiger partial charge in [-0.1, -0.05) is 0 Å². The average molecular weight is 236 g/mol. The van der Waals surface area contributed by atoms with Gasteiger partial charge in [-0.15, -0.1) is 0 Å². The summed E-state index contributed by atoms with van der Waals surface area (Å²) in [6, 6.07) is 2.75. The molecule has 0 unspecified atom stereocenters. The summed E-state index contributed by atoms with van der Waals surface area (Å²) in [6.45, 7) is 0. The van der Waals surface area contributed by atoms with Gasteiger partial charge in [-0.2, -0.15) is 0 Å². The van der Waals surface area contributed by atoms with Gasteiger partial charge in [-0.05, 0) is 18.2 Å². The zero-order valence-corrected chi connectivity index (χ0v) is 8.39. The van der Waals surface area contributed by atoms with Gasteiger partial charge in [0.2, 0.25) is 0 Å². The minimum Gasteiger partial charge on any atom is -0.478 e. The van der Waals surface area contributed by atoms with E-state index in [4.69, 9.17) is 5.11 Å². The van der Waals surface area contributed by atoms with E-state index in [1.165, 1.54) is 0 Å². The molecule has 0 fully saturated rings. The van der Waals surface area contributed by atoms with Gasteiger partial charge in [-0.3, -0.25) is 0 Å². The number of carboxylic acid groups (broad SMARTS) is 1. The fraction of sp³-hybridized carbons (Fsp3) is 0. The number of rotatable bonds is 2. The molecule has 2 aromatic rings. The van der Waals surface area contributed by atoms with E-state index in [0.29, 0.717) is 0 Å². The van der Waals surface area contributed by atoms with Crippen molar-refractivity contribution < 1.29 is 18.7 Å². The quantitative estimate of drug-likeness (QED) is 0.867. The highest BCUT2D eigenvalue weighted by molar-refractivity contribution is 5.94. The van der Waals surface area contributed by atoms with E-state index in [9.17, 15) is 13.6 Å². The molecule has 0 aliphatic heterocycles. The van der Waals surface area contributed by atoms with E-state index in [-0.39, 0.29) is 16.8 Å². The Morgan fingerprint density at radius 1 is 1.29 bits per heavy atom. The predicted octanol–water partition coefficient (Wildman–Crippen LogP) is 2.12. The monoisotopic (exact) mass is 236 g/mol. The van der Waals surface area contributed by atoms with Crippen molar-refractivity contribution in [1.29, 1.82) is 0 Å². The third-order valence-corrected chi connectivity index (χ3v) is 2.13. The van der Waals surface area contributed by atoms with E-state index < -0.39 is 17.6 Å². The summed E-state index contributed by atoms with van der Waals surface area (Å²) in [5.74, 6) is -2.71. The molecule has 0 amide bonds. The Balaban J connectivity index is 2.68. The van der Waals surface area contributed by atoms with Crippen LogP contribution in [-0.4, -0.2) is 21.0 Å². The van der Waals surface area contributed by atoms with E-state index in [2.05, 4.69) is 9.97 Å². The van der Waals surface area contributed by atoms with Crippen LogP contribution in [0, 0.1) is 11.6 Å². The third-order valence-electron chi connectivity index (χ3n) is 2.13. The summed E-state index contributed by atoms with van der Waals surface area (Å²) in [7, 11) is 0. The Bertz CT molecular complexity index is 587. The summed E-state index contributed by atoms with van der Waals surface area (Å²) < 4.78 is 26.5. The van der Waals surface area contributed by atoms with Crippen LogP contribution >= 0.6 is 0 Å². The van der Waals surface area contributed by atoms with Crippen LogP contribution in [-0.2, 0) is 0 Å². The van der Waals surface area contributed by atoms with E-state index in [1.807, 2.05) is 0 Å². The molecule has 0 aliphatic rings. The average Bonchev–Trinajstić information content (AvgIpc) is 2.32. The molecule has 0 saturated carbocycles. The second-order valence-corrected chi connectivity index (χ2v) is 3.21. The molecule has 0 saturated heterocycles. The molecule has 0 aliphatic carbocycles. The van der Waals surface area contributed by atoms with Gasteiger partial charge in [0.05, 0.1) is 5.69 Å². The maximum atomic E-state index is 13.5. The maximum Gasteiger partial charge on any atom is 0.339 e. The maximum absolute atomic E-state index is 13.5. The van der Waals surface area contributed by atoms with Crippen LogP contribution in [0.1, 0.15) is 10.4 Å². The zero-order valence-electron chi connectivity index (χ0n) is 8.39. The molecule has 1 aromatic heterocycles. The first-order valence-corrected chi connectivity index (χ1v) is 4.58. The number of benzene rings is 1. The Morgan fingerprint density at radius 3 is 2.76 bits per heavy atom. The molecule has 1 heterocycles. The van der Waals surface area contributed by atoms with Crippen molar-refractivity contribution in [2.45, 2.75) is 0 Å². The van der Waals surface area contributed by atoms with E-state index in [0.717, 1.165) is 30.7 Å². The third kappa shape index (κ3) is 2.10.